The zero-order chi connectivity index (χ0) is 13.9. The van der Waals surface area contributed by atoms with Gasteiger partial charge in [0.05, 0.1) is 24.7 Å². The Morgan fingerprint density at radius 3 is 2.56 bits per heavy atom. The monoisotopic (exact) mass is 259 g/mol. The first kappa shape index (κ1) is 13.8. The maximum atomic E-state index is 12.6. The van der Waals surface area contributed by atoms with Crippen molar-refractivity contribution in [2.75, 3.05) is 7.11 Å². The molecule has 1 aromatic rings. The van der Waals surface area contributed by atoms with Gasteiger partial charge in [0, 0.05) is 0 Å². The minimum absolute atomic E-state index is 0.225. The lowest BCUT2D eigenvalue weighted by Gasteiger charge is -2.12. The average molecular weight is 259 g/mol. The summed E-state index contributed by atoms with van der Waals surface area (Å²) in [6, 6.07) is 2.77. The van der Waals surface area contributed by atoms with Crippen LogP contribution in [-0.2, 0) is 22.1 Å². The maximum absolute atomic E-state index is 12.6. The molecular formula is C11H8F3NO3. The van der Waals surface area contributed by atoms with Crippen LogP contribution in [0.5, 0.6) is 5.75 Å². The van der Waals surface area contributed by atoms with Crippen molar-refractivity contribution in [3.05, 3.63) is 28.8 Å². The Hall–Kier alpha value is -2.23. The van der Waals surface area contributed by atoms with E-state index in [-0.39, 0.29) is 5.56 Å². The van der Waals surface area contributed by atoms with Gasteiger partial charge in [-0.2, -0.15) is 18.4 Å². The highest BCUT2D eigenvalue weighted by atomic mass is 19.4. The van der Waals surface area contributed by atoms with Gasteiger partial charge in [-0.05, 0) is 17.7 Å². The number of nitriles is 1. The van der Waals surface area contributed by atoms with Crippen LogP contribution in [0, 0.1) is 11.3 Å². The van der Waals surface area contributed by atoms with E-state index in [1.165, 1.54) is 6.07 Å². The Labute approximate surface area is 100 Å². The maximum Gasteiger partial charge on any atom is 0.417 e. The standard InChI is InChI=1S/C11H8F3NO3/c1-18-10(17)3-6-2-7(16)4-9(8(6)5-15)11(12,13)14/h2,4,16H,3H2,1H3. The lowest BCUT2D eigenvalue weighted by molar-refractivity contribution is -0.140. The van der Waals surface area contributed by atoms with E-state index in [9.17, 15) is 23.1 Å². The number of carbonyl (C=O) groups excluding carboxylic acids is 1. The van der Waals surface area contributed by atoms with E-state index in [4.69, 9.17) is 5.26 Å². The number of phenols is 1. The molecule has 0 aliphatic rings. The number of methoxy groups -OCH3 is 1. The molecule has 0 aliphatic carbocycles. The Morgan fingerprint density at radius 1 is 1.50 bits per heavy atom. The van der Waals surface area contributed by atoms with Crippen LogP contribution in [-0.4, -0.2) is 18.2 Å². The third-order valence-corrected chi connectivity index (χ3v) is 2.18. The first-order chi connectivity index (χ1) is 8.29. The highest BCUT2D eigenvalue weighted by Gasteiger charge is 2.35. The van der Waals surface area contributed by atoms with Crippen LogP contribution >= 0.6 is 0 Å². The molecule has 0 bridgehead atoms. The number of nitrogens with zero attached hydrogens (tertiary/aromatic N) is 1. The fraction of sp³-hybridized carbons (Fsp3) is 0.273. The van der Waals surface area contributed by atoms with Gasteiger partial charge in [-0.15, -0.1) is 0 Å². The van der Waals surface area contributed by atoms with Gasteiger partial charge in [-0.25, -0.2) is 0 Å². The summed E-state index contributed by atoms with van der Waals surface area (Å²) in [5, 5.41) is 18.0. The van der Waals surface area contributed by atoms with Gasteiger partial charge < -0.3 is 9.84 Å². The van der Waals surface area contributed by atoms with Crippen LogP contribution in [0.4, 0.5) is 13.2 Å². The lowest BCUT2D eigenvalue weighted by Crippen LogP contribution is -2.12. The van der Waals surface area contributed by atoms with E-state index in [0.717, 1.165) is 13.2 Å². The Kier molecular flexibility index (Phi) is 3.81. The van der Waals surface area contributed by atoms with E-state index in [1.807, 2.05) is 0 Å². The number of ether oxygens (including phenoxy) is 1. The molecule has 4 nitrogen and oxygen atoms in total. The number of hydrogen-bond donors (Lipinski definition) is 1. The number of esters is 1. The lowest BCUT2D eigenvalue weighted by atomic mass is 9.98. The summed E-state index contributed by atoms with van der Waals surface area (Å²) in [6.45, 7) is 0. The number of hydrogen-bond acceptors (Lipinski definition) is 4. The second-order valence-electron chi connectivity index (χ2n) is 3.39. The van der Waals surface area contributed by atoms with Gasteiger partial charge in [-0.1, -0.05) is 0 Å². The van der Waals surface area contributed by atoms with Crippen molar-refractivity contribution in [1.82, 2.24) is 0 Å². The largest absolute Gasteiger partial charge is 0.508 e. The van der Waals surface area contributed by atoms with Crippen molar-refractivity contribution < 1.29 is 27.8 Å². The third kappa shape index (κ3) is 2.91. The molecule has 0 radical (unpaired) electrons. The highest BCUT2D eigenvalue weighted by Crippen LogP contribution is 2.35. The predicted octanol–water partition coefficient (Wildman–Crippen LogP) is 2.00. The van der Waals surface area contributed by atoms with Crippen LogP contribution in [0.1, 0.15) is 16.7 Å². The molecule has 1 N–H and O–H groups in total. The van der Waals surface area contributed by atoms with Gasteiger partial charge in [0.15, 0.2) is 0 Å². The Bertz CT molecular complexity index is 517. The molecular weight excluding hydrogens is 251 g/mol. The SMILES string of the molecule is COC(=O)Cc1cc(O)cc(C(F)(F)F)c1C#N. The van der Waals surface area contributed by atoms with Crippen molar-refractivity contribution in [3.63, 3.8) is 0 Å². The summed E-state index contributed by atoms with van der Waals surface area (Å²) in [7, 11) is 1.07. The minimum atomic E-state index is -4.78. The number of halogens is 3. The first-order valence-corrected chi connectivity index (χ1v) is 4.69. The zero-order valence-electron chi connectivity index (χ0n) is 9.21. The molecule has 0 unspecified atom stereocenters. The number of aromatic hydroxyl groups is 1. The second-order valence-corrected chi connectivity index (χ2v) is 3.39. The number of alkyl halides is 3. The summed E-state index contributed by atoms with van der Waals surface area (Å²) < 4.78 is 42.2. The quantitative estimate of drug-likeness (QED) is 0.824. The fourth-order valence-electron chi connectivity index (χ4n) is 1.41. The normalized spacial score (nSPS) is 10.8. The summed E-state index contributed by atoms with van der Waals surface area (Å²) in [6.07, 6.45) is -5.30. The molecule has 7 heteroatoms. The molecule has 0 spiro atoms. The average Bonchev–Trinajstić information content (AvgIpc) is 2.27. The fourth-order valence-corrected chi connectivity index (χ4v) is 1.41. The topological polar surface area (TPSA) is 70.3 Å². The molecule has 0 aliphatic heterocycles. The smallest absolute Gasteiger partial charge is 0.417 e. The summed E-state index contributed by atoms with van der Waals surface area (Å²) in [5.41, 5.74) is -2.19. The van der Waals surface area contributed by atoms with Gasteiger partial charge in [0.2, 0.25) is 0 Å². The summed E-state index contributed by atoms with van der Waals surface area (Å²) in [4.78, 5) is 11.0. The van der Waals surface area contributed by atoms with Crippen molar-refractivity contribution in [1.29, 1.82) is 5.26 Å². The van der Waals surface area contributed by atoms with Crippen LogP contribution in [0.15, 0.2) is 12.1 Å². The van der Waals surface area contributed by atoms with Gasteiger partial charge >= 0.3 is 12.1 Å². The van der Waals surface area contributed by atoms with Crippen molar-refractivity contribution in [2.24, 2.45) is 0 Å². The molecule has 0 amide bonds. The van der Waals surface area contributed by atoms with Crippen molar-refractivity contribution >= 4 is 5.97 Å². The van der Waals surface area contributed by atoms with Gasteiger partial charge in [0.1, 0.15) is 11.8 Å². The molecule has 0 aromatic heterocycles. The van der Waals surface area contributed by atoms with E-state index in [1.54, 1.807) is 0 Å². The molecule has 0 saturated heterocycles. The molecule has 0 fully saturated rings. The van der Waals surface area contributed by atoms with Crippen LogP contribution in [0.2, 0.25) is 0 Å². The number of benzene rings is 1. The number of phenolic OH excluding ortho intramolecular Hbond substituents is 1. The third-order valence-electron chi connectivity index (χ3n) is 2.18. The van der Waals surface area contributed by atoms with E-state index >= 15 is 0 Å². The summed E-state index contributed by atoms with van der Waals surface area (Å²) in [5.74, 6) is -1.47. The summed E-state index contributed by atoms with van der Waals surface area (Å²) >= 11 is 0. The minimum Gasteiger partial charge on any atom is -0.508 e. The highest BCUT2D eigenvalue weighted by molar-refractivity contribution is 5.74. The number of rotatable bonds is 2. The second kappa shape index (κ2) is 4.96. The zero-order valence-corrected chi connectivity index (χ0v) is 9.21. The molecule has 0 atom stereocenters. The van der Waals surface area contributed by atoms with E-state index < -0.39 is 35.4 Å². The van der Waals surface area contributed by atoms with Crippen LogP contribution in [0.3, 0.4) is 0 Å². The Balaban J connectivity index is 3.40. The Morgan fingerprint density at radius 2 is 2.11 bits per heavy atom. The van der Waals surface area contributed by atoms with E-state index in [2.05, 4.69) is 4.74 Å². The van der Waals surface area contributed by atoms with E-state index in [0.29, 0.717) is 6.07 Å². The number of carbonyl (C=O) groups is 1. The molecule has 96 valence electrons. The molecule has 0 saturated carbocycles. The first-order valence-electron chi connectivity index (χ1n) is 4.69. The van der Waals surface area contributed by atoms with Crippen LogP contribution < -0.4 is 0 Å². The van der Waals surface area contributed by atoms with Crippen molar-refractivity contribution in [3.8, 4) is 11.8 Å². The van der Waals surface area contributed by atoms with Gasteiger partial charge in [0.25, 0.3) is 0 Å². The van der Waals surface area contributed by atoms with Gasteiger partial charge in [-0.3, -0.25) is 4.79 Å². The molecule has 0 heterocycles. The predicted molar refractivity (Wildman–Crippen MR) is 53.5 cm³/mol. The molecule has 1 aromatic carbocycles. The van der Waals surface area contributed by atoms with Crippen LogP contribution in [0.25, 0.3) is 0 Å². The molecule has 18 heavy (non-hydrogen) atoms. The molecule has 1 rings (SSSR count). The van der Waals surface area contributed by atoms with Crippen molar-refractivity contribution in [2.45, 2.75) is 12.6 Å².